The Morgan fingerprint density at radius 1 is 1.08 bits per heavy atom. The van der Waals surface area contributed by atoms with E-state index in [1.807, 2.05) is 38.1 Å². The van der Waals surface area contributed by atoms with E-state index in [1.165, 1.54) is 18.6 Å². The molecule has 1 aromatic carbocycles. The van der Waals surface area contributed by atoms with Crippen molar-refractivity contribution in [2.45, 2.75) is 33.1 Å². The number of carbonyl (C=O) groups excluding carboxylic acids is 2. The summed E-state index contributed by atoms with van der Waals surface area (Å²) in [5.41, 5.74) is 2.46. The molecule has 0 radical (unpaired) electrons. The van der Waals surface area contributed by atoms with Crippen molar-refractivity contribution < 1.29 is 18.7 Å². The molecule has 0 spiro atoms. The van der Waals surface area contributed by atoms with Crippen LogP contribution >= 0.6 is 0 Å². The first-order chi connectivity index (χ1) is 11.5. The third-order valence-electron chi connectivity index (χ3n) is 3.29. The lowest BCUT2D eigenvalue weighted by Gasteiger charge is -2.09. The van der Waals surface area contributed by atoms with E-state index in [0.717, 1.165) is 11.1 Å². The highest BCUT2D eigenvalue weighted by molar-refractivity contribution is 5.96. The van der Waals surface area contributed by atoms with E-state index < -0.39 is 0 Å². The summed E-state index contributed by atoms with van der Waals surface area (Å²) in [4.78, 5) is 23.4. The monoisotopic (exact) mass is 330 g/mol. The molecular weight excluding hydrogens is 308 g/mol. The summed E-state index contributed by atoms with van der Waals surface area (Å²) in [7, 11) is 0. The molecule has 0 bridgehead atoms. The molecular formula is C18H22N2O4. The molecule has 6 nitrogen and oxygen atoms in total. The van der Waals surface area contributed by atoms with Gasteiger partial charge in [-0.1, -0.05) is 24.3 Å². The van der Waals surface area contributed by atoms with Gasteiger partial charge in [0.2, 0.25) is 5.91 Å². The number of benzene rings is 1. The molecule has 1 heterocycles. The Morgan fingerprint density at radius 2 is 1.79 bits per heavy atom. The van der Waals surface area contributed by atoms with Gasteiger partial charge in [0.1, 0.15) is 6.26 Å². The van der Waals surface area contributed by atoms with E-state index in [4.69, 9.17) is 9.15 Å². The zero-order chi connectivity index (χ0) is 17.4. The topological polar surface area (TPSA) is 80.6 Å². The Labute approximate surface area is 141 Å². The van der Waals surface area contributed by atoms with Gasteiger partial charge in [-0.2, -0.15) is 0 Å². The lowest BCUT2D eigenvalue weighted by molar-refractivity contribution is -0.120. The van der Waals surface area contributed by atoms with E-state index in [0.29, 0.717) is 18.7 Å². The Balaban J connectivity index is 1.70. The smallest absolute Gasteiger partial charge is 0.254 e. The minimum atomic E-state index is -0.339. The maximum Gasteiger partial charge on any atom is 0.254 e. The van der Waals surface area contributed by atoms with E-state index in [-0.39, 0.29) is 24.5 Å². The number of hydrogen-bond donors (Lipinski definition) is 2. The average Bonchev–Trinajstić information content (AvgIpc) is 3.11. The third kappa shape index (κ3) is 5.89. The molecule has 0 aliphatic rings. The first-order valence-corrected chi connectivity index (χ1v) is 7.81. The molecule has 0 unspecified atom stereocenters. The van der Waals surface area contributed by atoms with E-state index in [2.05, 4.69) is 10.6 Å². The molecule has 0 atom stereocenters. The van der Waals surface area contributed by atoms with Crippen molar-refractivity contribution in [3.05, 3.63) is 59.5 Å². The Kier molecular flexibility index (Phi) is 6.57. The fourth-order valence-corrected chi connectivity index (χ4v) is 1.94. The highest BCUT2D eigenvalue weighted by atomic mass is 16.5. The summed E-state index contributed by atoms with van der Waals surface area (Å²) < 4.78 is 10.4. The van der Waals surface area contributed by atoms with Gasteiger partial charge < -0.3 is 19.8 Å². The van der Waals surface area contributed by atoms with Gasteiger partial charge in [-0.15, -0.1) is 0 Å². The lowest BCUT2D eigenvalue weighted by atomic mass is 10.1. The van der Waals surface area contributed by atoms with Gasteiger partial charge in [-0.25, -0.2) is 0 Å². The molecule has 2 rings (SSSR count). The van der Waals surface area contributed by atoms with Gasteiger partial charge in [0.25, 0.3) is 5.91 Å². The van der Waals surface area contributed by atoms with Crippen LogP contribution in [0.1, 0.15) is 35.3 Å². The van der Waals surface area contributed by atoms with Crippen molar-refractivity contribution in [3.63, 3.8) is 0 Å². The molecule has 0 aliphatic carbocycles. The largest absolute Gasteiger partial charge is 0.472 e. The second-order valence-corrected chi connectivity index (χ2v) is 5.65. The maximum atomic E-state index is 11.8. The summed E-state index contributed by atoms with van der Waals surface area (Å²) in [5.74, 6) is -0.590. The fourth-order valence-electron chi connectivity index (χ4n) is 1.94. The van der Waals surface area contributed by atoms with Gasteiger partial charge in [0, 0.05) is 6.54 Å². The zero-order valence-electron chi connectivity index (χ0n) is 13.9. The van der Waals surface area contributed by atoms with Crippen molar-refractivity contribution in [2.75, 3.05) is 6.54 Å². The van der Waals surface area contributed by atoms with Crippen molar-refractivity contribution in [1.82, 2.24) is 10.6 Å². The van der Waals surface area contributed by atoms with E-state index in [1.54, 1.807) is 0 Å². The van der Waals surface area contributed by atoms with E-state index >= 15 is 0 Å². The van der Waals surface area contributed by atoms with Crippen LogP contribution in [0.5, 0.6) is 0 Å². The summed E-state index contributed by atoms with van der Waals surface area (Å²) in [6.07, 6.45) is 2.93. The number of amides is 2. The van der Waals surface area contributed by atoms with Crippen LogP contribution in [0, 0.1) is 0 Å². The third-order valence-corrected chi connectivity index (χ3v) is 3.29. The second kappa shape index (κ2) is 8.88. The number of rotatable bonds is 8. The molecule has 2 amide bonds. The molecule has 0 fully saturated rings. The Hall–Kier alpha value is -2.60. The predicted octanol–water partition coefficient (Wildman–Crippen LogP) is 2.25. The van der Waals surface area contributed by atoms with Crippen molar-refractivity contribution in [3.8, 4) is 0 Å². The van der Waals surface area contributed by atoms with E-state index in [9.17, 15) is 9.59 Å². The summed E-state index contributed by atoms with van der Waals surface area (Å²) in [6, 6.07) is 9.39. The molecule has 24 heavy (non-hydrogen) atoms. The van der Waals surface area contributed by atoms with Crippen LogP contribution < -0.4 is 10.6 Å². The number of furan rings is 1. The molecule has 0 saturated carbocycles. The number of nitrogens with one attached hydrogen (secondary N) is 2. The predicted molar refractivity (Wildman–Crippen MR) is 89.3 cm³/mol. The first-order valence-electron chi connectivity index (χ1n) is 7.81. The summed E-state index contributed by atoms with van der Waals surface area (Å²) in [5, 5.41) is 5.29. The Morgan fingerprint density at radius 3 is 2.42 bits per heavy atom. The molecule has 2 N–H and O–H groups in total. The number of carbonyl (C=O) groups is 2. The highest BCUT2D eigenvalue weighted by Crippen LogP contribution is 2.07. The standard InChI is InChI=1S/C18H22N2O4/c1-13(2)24-11-15-5-3-14(4-6-15)9-19-17(21)10-20-18(22)16-7-8-23-12-16/h3-8,12-13H,9-11H2,1-2H3,(H,19,21)(H,20,22). The molecule has 0 aliphatic heterocycles. The highest BCUT2D eigenvalue weighted by Gasteiger charge is 2.08. The maximum absolute atomic E-state index is 11.8. The zero-order valence-corrected chi connectivity index (χ0v) is 13.9. The van der Waals surface area contributed by atoms with Gasteiger partial charge in [0.15, 0.2) is 0 Å². The second-order valence-electron chi connectivity index (χ2n) is 5.65. The fraction of sp³-hybridized carbons (Fsp3) is 0.333. The van der Waals surface area contributed by atoms with Crippen molar-refractivity contribution in [1.29, 1.82) is 0 Å². The van der Waals surface area contributed by atoms with Crippen LogP contribution in [0.4, 0.5) is 0 Å². The first kappa shape index (κ1) is 17.7. The quantitative estimate of drug-likeness (QED) is 0.778. The minimum absolute atomic E-state index is 0.0790. The normalized spacial score (nSPS) is 10.6. The van der Waals surface area contributed by atoms with Crippen LogP contribution in [-0.2, 0) is 22.7 Å². The van der Waals surface area contributed by atoms with Crippen LogP contribution in [-0.4, -0.2) is 24.5 Å². The van der Waals surface area contributed by atoms with Crippen LogP contribution in [0.2, 0.25) is 0 Å². The molecule has 0 saturated heterocycles. The average molecular weight is 330 g/mol. The van der Waals surface area contributed by atoms with Crippen LogP contribution in [0.3, 0.4) is 0 Å². The summed E-state index contributed by atoms with van der Waals surface area (Å²) in [6.45, 7) is 4.89. The van der Waals surface area contributed by atoms with Gasteiger partial charge >= 0.3 is 0 Å². The minimum Gasteiger partial charge on any atom is -0.472 e. The number of ether oxygens (including phenoxy) is 1. The van der Waals surface area contributed by atoms with Crippen LogP contribution in [0.25, 0.3) is 0 Å². The lowest BCUT2D eigenvalue weighted by Crippen LogP contribution is -2.36. The number of hydrogen-bond acceptors (Lipinski definition) is 4. The van der Waals surface area contributed by atoms with Crippen LogP contribution in [0.15, 0.2) is 47.3 Å². The molecule has 1 aromatic heterocycles. The summed E-state index contributed by atoms with van der Waals surface area (Å²) >= 11 is 0. The molecule has 128 valence electrons. The molecule has 6 heteroatoms. The van der Waals surface area contributed by atoms with Crippen molar-refractivity contribution in [2.24, 2.45) is 0 Å². The Bertz CT molecular complexity index is 648. The van der Waals surface area contributed by atoms with Gasteiger partial charge in [-0.3, -0.25) is 9.59 Å². The SMILES string of the molecule is CC(C)OCc1ccc(CNC(=O)CNC(=O)c2ccoc2)cc1. The van der Waals surface area contributed by atoms with Crippen molar-refractivity contribution >= 4 is 11.8 Å². The molecule has 2 aromatic rings. The van der Waals surface area contributed by atoms with Gasteiger partial charge in [0.05, 0.1) is 31.1 Å². The van der Waals surface area contributed by atoms with Gasteiger partial charge in [-0.05, 0) is 31.0 Å².